The van der Waals surface area contributed by atoms with Gasteiger partial charge in [0.1, 0.15) is 0 Å². The van der Waals surface area contributed by atoms with Crippen molar-refractivity contribution in [2.75, 3.05) is 24.3 Å². The van der Waals surface area contributed by atoms with Gasteiger partial charge in [0, 0.05) is 19.8 Å². The summed E-state index contributed by atoms with van der Waals surface area (Å²) in [7, 11) is 3.64. The van der Waals surface area contributed by atoms with Crippen molar-refractivity contribution in [2.45, 2.75) is 26.3 Å². The van der Waals surface area contributed by atoms with Crippen LogP contribution in [0.4, 0.5) is 16.4 Å². The second-order valence-electron chi connectivity index (χ2n) is 5.10. The number of hydrogen-bond acceptors (Lipinski definition) is 5. The van der Waals surface area contributed by atoms with Crippen LogP contribution < -0.4 is 15.5 Å². The molecule has 118 valence electrons. The number of nitrogens with zero attached hydrogens (tertiary/aromatic N) is 3. The summed E-state index contributed by atoms with van der Waals surface area (Å²) in [5.74, 6) is 0.839. The fraction of sp³-hybridized carbons (Fsp3) is 0.400. The highest BCUT2D eigenvalue weighted by Crippen LogP contribution is 2.16. The SMILES string of the molecule is CCCc1ccccc1NC(=O)NCc1nc(N(C)C)no1. The van der Waals surface area contributed by atoms with E-state index in [4.69, 9.17) is 4.52 Å². The van der Waals surface area contributed by atoms with E-state index in [0.717, 1.165) is 24.1 Å². The number of urea groups is 1. The van der Waals surface area contributed by atoms with Gasteiger partial charge in [0.15, 0.2) is 0 Å². The topological polar surface area (TPSA) is 83.3 Å². The summed E-state index contributed by atoms with van der Waals surface area (Å²) in [4.78, 5) is 17.8. The molecule has 7 nitrogen and oxygen atoms in total. The van der Waals surface area contributed by atoms with Gasteiger partial charge >= 0.3 is 6.03 Å². The Morgan fingerprint density at radius 2 is 2.09 bits per heavy atom. The molecule has 1 aromatic heterocycles. The van der Waals surface area contributed by atoms with Gasteiger partial charge in [-0.3, -0.25) is 0 Å². The van der Waals surface area contributed by atoms with E-state index in [1.165, 1.54) is 0 Å². The molecule has 0 saturated heterocycles. The lowest BCUT2D eigenvalue weighted by Gasteiger charge is -2.10. The van der Waals surface area contributed by atoms with E-state index >= 15 is 0 Å². The van der Waals surface area contributed by atoms with Crippen LogP contribution in [0.3, 0.4) is 0 Å². The molecular weight excluding hydrogens is 282 g/mol. The molecule has 1 heterocycles. The summed E-state index contributed by atoms with van der Waals surface area (Å²) in [6, 6.07) is 7.47. The van der Waals surface area contributed by atoms with Gasteiger partial charge in [-0.15, -0.1) is 0 Å². The lowest BCUT2D eigenvalue weighted by Crippen LogP contribution is -2.28. The Morgan fingerprint density at radius 3 is 2.77 bits per heavy atom. The van der Waals surface area contributed by atoms with Crippen LogP contribution in [0.15, 0.2) is 28.8 Å². The summed E-state index contributed by atoms with van der Waals surface area (Å²) in [6.07, 6.45) is 1.95. The van der Waals surface area contributed by atoms with Gasteiger partial charge in [-0.05, 0) is 23.2 Å². The zero-order chi connectivity index (χ0) is 15.9. The van der Waals surface area contributed by atoms with E-state index in [-0.39, 0.29) is 12.6 Å². The maximum absolute atomic E-state index is 12.0. The number of nitrogens with one attached hydrogen (secondary N) is 2. The molecule has 0 radical (unpaired) electrons. The van der Waals surface area contributed by atoms with E-state index in [1.54, 1.807) is 4.90 Å². The Balaban J connectivity index is 1.90. The van der Waals surface area contributed by atoms with E-state index in [0.29, 0.717) is 11.8 Å². The molecule has 0 aliphatic heterocycles. The van der Waals surface area contributed by atoms with Gasteiger partial charge in [-0.1, -0.05) is 31.5 Å². The Hall–Kier alpha value is -2.57. The van der Waals surface area contributed by atoms with E-state index in [1.807, 2.05) is 38.4 Å². The molecule has 0 atom stereocenters. The number of anilines is 2. The summed E-state index contributed by atoms with van der Waals surface area (Å²) in [6.45, 7) is 2.29. The third-order valence-corrected chi connectivity index (χ3v) is 3.04. The monoisotopic (exact) mass is 303 g/mol. The Kier molecular flexibility index (Phi) is 5.35. The molecule has 0 unspecified atom stereocenters. The first kappa shape index (κ1) is 15.8. The van der Waals surface area contributed by atoms with E-state index in [2.05, 4.69) is 27.7 Å². The molecule has 2 rings (SSSR count). The maximum Gasteiger partial charge on any atom is 0.319 e. The molecule has 0 spiro atoms. The van der Waals surface area contributed by atoms with Crippen LogP contribution in [0.1, 0.15) is 24.8 Å². The summed E-state index contributed by atoms with van der Waals surface area (Å²) >= 11 is 0. The van der Waals surface area contributed by atoms with E-state index < -0.39 is 0 Å². The summed E-state index contributed by atoms with van der Waals surface area (Å²) in [5.41, 5.74) is 1.94. The van der Waals surface area contributed by atoms with Crippen molar-refractivity contribution in [3.63, 3.8) is 0 Å². The molecule has 0 aliphatic rings. The number of rotatable bonds is 6. The molecule has 0 saturated carbocycles. The molecule has 7 heteroatoms. The quantitative estimate of drug-likeness (QED) is 0.856. The maximum atomic E-state index is 12.0. The van der Waals surface area contributed by atoms with Crippen LogP contribution >= 0.6 is 0 Å². The van der Waals surface area contributed by atoms with Gasteiger partial charge in [-0.25, -0.2) is 4.79 Å². The van der Waals surface area contributed by atoms with Crippen LogP contribution in [-0.2, 0) is 13.0 Å². The number of hydrogen-bond donors (Lipinski definition) is 2. The normalized spacial score (nSPS) is 10.3. The highest BCUT2D eigenvalue weighted by atomic mass is 16.5. The lowest BCUT2D eigenvalue weighted by atomic mass is 10.1. The molecule has 2 N–H and O–H groups in total. The molecule has 0 bridgehead atoms. The molecule has 22 heavy (non-hydrogen) atoms. The minimum Gasteiger partial charge on any atom is -0.344 e. The van der Waals surface area contributed by atoms with Crippen molar-refractivity contribution in [3.8, 4) is 0 Å². The van der Waals surface area contributed by atoms with Gasteiger partial charge < -0.3 is 20.1 Å². The zero-order valence-electron chi connectivity index (χ0n) is 13.1. The predicted octanol–water partition coefficient (Wildman–Crippen LogP) is 2.41. The average Bonchev–Trinajstić information content (AvgIpc) is 2.97. The number of amides is 2. The highest BCUT2D eigenvalue weighted by molar-refractivity contribution is 5.89. The number of aryl methyl sites for hydroxylation is 1. The molecule has 1 aromatic carbocycles. The van der Waals surface area contributed by atoms with Gasteiger partial charge in [0.2, 0.25) is 5.89 Å². The van der Waals surface area contributed by atoms with Crippen LogP contribution in [0.25, 0.3) is 0 Å². The molecule has 2 amide bonds. The lowest BCUT2D eigenvalue weighted by molar-refractivity contribution is 0.249. The first-order valence-electron chi connectivity index (χ1n) is 7.22. The van der Waals surface area contributed by atoms with E-state index in [9.17, 15) is 4.79 Å². The third-order valence-electron chi connectivity index (χ3n) is 3.04. The number of carbonyl (C=O) groups excluding carboxylic acids is 1. The zero-order valence-corrected chi connectivity index (χ0v) is 13.1. The van der Waals surface area contributed by atoms with Crippen molar-refractivity contribution >= 4 is 17.7 Å². The summed E-state index contributed by atoms with van der Waals surface area (Å²) in [5, 5.41) is 9.33. The van der Waals surface area contributed by atoms with Crippen molar-refractivity contribution < 1.29 is 9.32 Å². The first-order valence-corrected chi connectivity index (χ1v) is 7.22. The largest absolute Gasteiger partial charge is 0.344 e. The summed E-state index contributed by atoms with van der Waals surface area (Å²) < 4.78 is 5.04. The Labute approximate surface area is 129 Å². The molecule has 2 aromatic rings. The van der Waals surface area contributed by atoms with Gasteiger partial charge in [-0.2, -0.15) is 4.98 Å². The van der Waals surface area contributed by atoms with Crippen LogP contribution in [-0.4, -0.2) is 30.3 Å². The Bertz CT molecular complexity index is 624. The number of carbonyl (C=O) groups is 1. The standard InChI is InChI=1S/C15H21N5O2/c1-4-7-11-8-5-6-9-12(11)17-15(21)16-10-13-18-14(19-22-13)20(2)3/h5-6,8-9H,4,7,10H2,1-3H3,(H2,16,17,21). The van der Waals surface area contributed by atoms with Crippen LogP contribution in [0, 0.1) is 0 Å². The molecule has 0 fully saturated rings. The Morgan fingerprint density at radius 1 is 1.32 bits per heavy atom. The first-order chi connectivity index (χ1) is 10.6. The fourth-order valence-corrected chi connectivity index (χ4v) is 1.95. The number of benzene rings is 1. The van der Waals surface area contributed by atoms with Crippen molar-refractivity contribution in [1.82, 2.24) is 15.5 Å². The smallest absolute Gasteiger partial charge is 0.319 e. The second kappa shape index (κ2) is 7.44. The molecule has 0 aliphatic carbocycles. The molecular formula is C15H21N5O2. The third kappa shape index (κ3) is 4.21. The second-order valence-corrected chi connectivity index (χ2v) is 5.10. The van der Waals surface area contributed by atoms with Crippen LogP contribution in [0.5, 0.6) is 0 Å². The van der Waals surface area contributed by atoms with Crippen molar-refractivity contribution in [2.24, 2.45) is 0 Å². The fourth-order valence-electron chi connectivity index (χ4n) is 1.95. The highest BCUT2D eigenvalue weighted by Gasteiger charge is 2.10. The van der Waals surface area contributed by atoms with Crippen molar-refractivity contribution in [3.05, 3.63) is 35.7 Å². The minimum atomic E-state index is -0.298. The van der Waals surface area contributed by atoms with Crippen molar-refractivity contribution in [1.29, 1.82) is 0 Å². The van der Waals surface area contributed by atoms with Gasteiger partial charge in [0.05, 0.1) is 6.54 Å². The predicted molar refractivity (Wildman–Crippen MR) is 84.9 cm³/mol. The average molecular weight is 303 g/mol. The minimum absolute atomic E-state index is 0.183. The number of aromatic nitrogens is 2. The van der Waals surface area contributed by atoms with Crippen LogP contribution in [0.2, 0.25) is 0 Å². The van der Waals surface area contributed by atoms with Gasteiger partial charge in [0.25, 0.3) is 5.95 Å². The number of para-hydroxylation sites is 1.